The molecule has 4 rings (SSSR count). The van der Waals surface area contributed by atoms with E-state index in [1.54, 1.807) is 55.6 Å². The number of nitrogen functional groups attached to an aromatic ring is 1. The van der Waals surface area contributed by atoms with E-state index in [1.165, 1.54) is 10.6 Å². The molecular weight excluding hydrogens is 433 g/mol. The summed E-state index contributed by atoms with van der Waals surface area (Å²) in [4.78, 5) is 16.9. The summed E-state index contributed by atoms with van der Waals surface area (Å²) in [6.07, 6.45) is 1.22. The van der Waals surface area contributed by atoms with Gasteiger partial charge in [0.05, 0.1) is 6.10 Å². The van der Waals surface area contributed by atoms with Gasteiger partial charge in [-0.2, -0.15) is 4.98 Å². The predicted molar refractivity (Wildman–Crippen MR) is 121 cm³/mol. The Morgan fingerprint density at radius 1 is 1.22 bits per heavy atom. The highest BCUT2D eigenvalue weighted by Gasteiger charge is 2.16. The first kappa shape index (κ1) is 21.7. The Bertz CT molecular complexity index is 1290. The van der Waals surface area contributed by atoms with Crippen LogP contribution < -0.4 is 11.1 Å². The zero-order valence-electron chi connectivity index (χ0n) is 17.2. The lowest BCUT2D eigenvalue weighted by Gasteiger charge is -2.14. The number of hydrogen-bond acceptors (Lipinski definition) is 5. The number of aliphatic hydroxyl groups excluding tert-OH is 1. The van der Waals surface area contributed by atoms with E-state index in [0.717, 1.165) is 0 Å². The van der Waals surface area contributed by atoms with Crippen LogP contribution in [0.4, 0.5) is 10.3 Å². The lowest BCUT2D eigenvalue weighted by atomic mass is 9.99. The van der Waals surface area contributed by atoms with Gasteiger partial charge in [-0.25, -0.2) is 8.91 Å². The quantitative estimate of drug-likeness (QED) is 0.410. The second-order valence-corrected chi connectivity index (χ2v) is 7.87. The summed E-state index contributed by atoms with van der Waals surface area (Å²) in [6, 6.07) is 13.3. The van der Waals surface area contributed by atoms with E-state index >= 15 is 0 Å². The summed E-state index contributed by atoms with van der Waals surface area (Å²) in [5.41, 5.74) is 8.52. The molecule has 7 nitrogen and oxygen atoms in total. The van der Waals surface area contributed by atoms with E-state index in [2.05, 4.69) is 15.4 Å². The molecule has 0 aliphatic rings. The van der Waals surface area contributed by atoms with Crippen LogP contribution in [0.5, 0.6) is 0 Å². The van der Waals surface area contributed by atoms with E-state index in [9.17, 15) is 14.3 Å². The molecule has 1 unspecified atom stereocenters. The third-order valence-electron chi connectivity index (χ3n) is 5.23. The number of carbonyl (C=O) groups excluding carboxylic acids is 1. The molecule has 2 aromatic heterocycles. The minimum Gasteiger partial charge on any atom is -0.388 e. The first-order valence-electron chi connectivity index (χ1n) is 9.96. The summed E-state index contributed by atoms with van der Waals surface area (Å²) >= 11 is 5.86. The Labute approximate surface area is 188 Å². The molecule has 0 spiro atoms. The lowest BCUT2D eigenvalue weighted by molar-refractivity contribution is 0.0941. The van der Waals surface area contributed by atoms with Crippen molar-refractivity contribution in [2.75, 3.05) is 12.3 Å². The van der Waals surface area contributed by atoms with E-state index in [1.807, 2.05) is 0 Å². The summed E-state index contributed by atoms with van der Waals surface area (Å²) in [5.74, 6) is -0.771. The number of nitrogens with one attached hydrogen (secondary N) is 1. The molecular formula is C23H21ClFN5O2. The number of halogens is 2. The van der Waals surface area contributed by atoms with Crippen LogP contribution in [-0.2, 0) is 0 Å². The van der Waals surface area contributed by atoms with Crippen molar-refractivity contribution in [1.29, 1.82) is 0 Å². The molecule has 1 amide bonds. The van der Waals surface area contributed by atoms with Crippen molar-refractivity contribution < 1.29 is 14.3 Å². The van der Waals surface area contributed by atoms with Gasteiger partial charge in [0.15, 0.2) is 5.65 Å². The fraction of sp³-hybridized carbons (Fsp3) is 0.174. The first-order valence-corrected chi connectivity index (χ1v) is 10.3. The predicted octanol–water partition coefficient (Wildman–Crippen LogP) is 3.93. The van der Waals surface area contributed by atoms with Gasteiger partial charge in [0, 0.05) is 23.3 Å². The van der Waals surface area contributed by atoms with Crippen molar-refractivity contribution in [1.82, 2.24) is 19.9 Å². The molecule has 0 saturated carbocycles. The minimum absolute atomic E-state index is 0.137. The van der Waals surface area contributed by atoms with Gasteiger partial charge in [-0.05, 0) is 72.0 Å². The molecule has 0 fully saturated rings. The van der Waals surface area contributed by atoms with Crippen LogP contribution in [0.3, 0.4) is 0 Å². The second kappa shape index (κ2) is 8.94. The highest BCUT2D eigenvalue weighted by Crippen LogP contribution is 2.26. The lowest BCUT2D eigenvalue weighted by Crippen LogP contribution is -2.26. The number of carbonyl (C=O) groups is 1. The Balaban J connectivity index is 1.50. The SMILES string of the molecule is Cc1c(F)cc(-c2ccn3nc(N)nc3c2)cc1C(=O)NCCC(O)c1ccc(Cl)cc1. The summed E-state index contributed by atoms with van der Waals surface area (Å²) in [5, 5.41) is 17.7. The summed E-state index contributed by atoms with van der Waals surface area (Å²) in [7, 11) is 0. The van der Waals surface area contributed by atoms with E-state index in [-0.39, 0.29) is 23.6 Å². The van der Waals surface area contributed by atoms with Crippen LogP contribution in [0, 0.1) is 12.7 Å². The van der Waals surface area contributed by atoms with Crippen LogP contribution in [0.25, 0.3) is 16.8 Å². The largest absolute Gasteiger partial charge is 0.388 e. The molecule has 4 aromatic rings. The molecule has 0 aliphatic carbocycles. The monoisotopic (exact) mass is 453 g/mol. The maximum Gasteiger partial charge on any atom is 0.251 e. The number of aromatic nitrogens is 3. The van der Waals surface area contributed by atoms with Gasteiger partial charge in [0.2, 0.25) is 5.95 Å². The summed E-state index contributed by atoms with van der Waals surface area (Å²) < 4.78 is 16.1. The molecule has 9 heteroatoms. The number of aliphatic hydroxyl groups is 1. The number of nitrogens with two attached hydrogens (primary N) is 1. The number of nitrogens with zero attached hydrogens (tertiary/aromatic N) is 3. The normalized spacial score (nSPS) is 12.1. The van der Waals surface area contributed by atoms with Crippen molar-refractivity contribution in [2.24, 2.45) is 0 Å². The molecule has 4 N–H and O–H groups in total. The number of anilines is 1. The van der Waals surface area contributed by atoms with Gasteiger partial charge in [-0.1, -0.05) is 23.7 Å². The van der Waals surface area contributed by atoms with E-state index < -0.39 is 17.8 Å². The highest BCUT2D eigenvalue weighted by molar-refractivity contribution is 6.30. The van der Waals surface area contributed by atoms with Crippen molar-refractivity contribution >= 4 is 29.1 Å². The van der Waals surface area contributed by atoms with Crippen molar-refractivity contribution in [3.63, 3.8) is 0 Å². The third-order valence-corrected chi connectivity index (χ3v) is 5.49. The van der Waals surface area contributed by atoms with Gasteiger partial charge < -0.3 is 16.2 Å². The number of benzene rings is 2. The Kier molecular flexibility index (Phi) is 6.07. The van der Waals surface area contributed by atoms with Crippen LogP contribution in [-0.4, -0.2) is 32.2 Å². The van der Waals surface area contributed by atoms with Crippen LogP contribution in [0.1, 0.15) is 34.0 Å². The zero-order valence-corrected chi connectivity index (χ0v) is 18.0. The smallest absolute Gasteiger partial charge is 0.251 e. The third kappa shape index (κ3) is 4.56. The average Bonchev–Trinajstić information content (AvgIpc) is 3.15. The van der Waals surface area contributed by atoms with Crippen molar-refractivity contribution in [2.45, 2.75) is 19.4 Å². The first-order chi connectivity index (χ1) is 15.3. The number of pyridine rings is 1. The zero-order chi connectivity index (χ0) is 22.8. The molecule has 2 aromatic carbocycles. The molecule has 0 aliphatic heterocycles. The van der Waals surface area contributed by atoms with Crippen molar-refractivity contribution in [3.8, 4) is 11.1 Å². The fourth-order valence-corrected chi connectivity index (χ4v) is 3.55. The van der Waals surface area contributed by atoms with Crippen LogP contribution in [0.15, 0.2) is 54.7 Å². The number of fused-ring (bicyclic) bond motifs is 1. The van der Waals surface area contributed by atoms with Gasteiger partial charge >= 0.3 is 0 Å². The molecule has 0 radical (unpaired) electrons. The number of rotatable bonds is 6. The Morgan fingerprint density at radius 3 is 2.72 bits per heavy atom. The van der Waals surface area contributed by atoms with E-state index in [0.29, 0.717) is 33.8 Å². The van der Waals surface area contributed by atoms with Gasteiger partial charge in [0.25, 0.3) is 5.91 Å². The summed E-state index contributed by atoms with van der Waals surface area (Å²) in [6.45, 7) is 1.78. The van der Waals surface area contributed by atoms with Gasteiger partial charge in [-0.15, -0.1) is 5.10 Å². The number of hydrogen-bond donors (Lipinski definition) is 3. The van der Waals surface area contributed by atoms with Crippen molar-refractivity contribution in [3.05, 3.63) is 82.3 Å². The molecule has 0 saturated heterocycles. The molecule has 32 heavy (non-hydrogen) atoms. The Hall–Kier alpha value is -3.49. The molecule has 1 atom stereocenters. The fourth-order valence-electron chi connectivity index (χ4n) is 3.43. The number of amides is 1. The molecule has 164 valence electrons. The van der Waals surface area contributed by atoms with Gasteiger partial charge in [-0.3, -0.25) is 4.79 Å². The second-order valence-electron chi connectivity index (χ2n) is 7.43. The van der Waals surface area contributed by atoms with Crippen LogP contribution in [0.2, 0.25) is 5.02 Å². The molecule has 0 bridgehead atoms. The average molecular weight is 454 g/mol. The van der Waals surface area contributed by atoms with E-state index in [4.69, 9.17) is 17.3 Å². The standard InChI is InChI=1S/C23H21ClFN5O2/c1-13-18(22(32)27-8-6-20(31)14-2-4-17(24)5-3-14)10-16(11-19(13)25)15-7-9-30-21(12-15)28-23(26)29-30/h2-5,7,9-12,20,31H,6,8H2,1H3,(H2,26,29)(H,27,32). The Morgan fingerprint density at radius 2 is 1.97 bits per heavy atom. The highest BCUT2D eigenvalue weighted by atomic mass is 35.5. The topological polar surface area (TPSA) is 106 Å². The maximum absolute atomic E-state index is 14.6. The van der Waals surface area contributed by atoms with Gasteiger partial charge in [0.1, 0.15) is 5.82 Å². The minimum atomic E-state index is -0.751. The maximum atomic E-state index is 14.6. The van der Waals surface area contributed by atoms with Crippen LogP contribution >= 0.6 is 11.6 Å². The molecule has 2 heterocycles.